The summed E-state index contributed by atoms with van der Waals surface area (Å²) in [5.41, 5.74) is 14.0. The SMILES string of the molecule is Cc1cccc(Oc2cc(N)ccc2C(N)=O)c1C. The second kappa shape index (κ2) is 5.02. The van der Waals surface area contributed by atoms with Crippen molar-refractivity contribution in [3.05, 3.63) is 53.1 Å². The lowest BCUT2D eigenvalue weighted by molar-refractivity contribution is 0.0998. The lowest BCUT2D eigenvalue weighted by atomic mass is 10.1. The Balaban J connectivity index is 2.45. The summed E-state index contributed by atoms with van der Waals surface area (Å²) in [5, 5.41) is 0. The Morgan fingerprint density at radius 2 is 1.84 bits per heavy atom. The average molecular weight is 256 g/mol. The smallest absolute Gasteiger partial charge is 0.252 e. The molecule has 4 N–H and O–H groups in total. The first-order valence-corrected chi connectivity index (χ1v) is 5.92. The van der Waals surface area contributed by atoms with Gasteiger partial charge >= 0.3 is 0 Å². The highest BCUT2D eigenvalue weighted by Gasteiger charge is 2.12. The van der Waals surface area contributed by atoms with Crippen LogP contribution in [0.1, 0.15) is 21.5 Å². The van der Waals surface area contributed by atoms with Crippen LogP contribution in [0.5, 0.6) is 11.5 Å². The number of primary amides is 1. The Morgan fingerprint density at radius 1 is 1.11 bits per heavy atom. The lowest BCUT2D eigenvalue weighted by Crippen LogP contribution is -2.12. The maximum absolute atomic E-state index is 11.4. The van der Waals surface area contributed by atoms with Gasteiger partial charge in [-0.25, -0.2) is 0 Å². The number of hydrogen-bond acceptors (Lipinski definition) is 3. The molecule has 4 heteroatoms. The molecule has 98 valence electrons. The maximum Gasteiger partial charge on any atom is 0.252 e. The number of benzene rings is 2. The van der Waals surface area contributed by atoms with Gasteiger partial charge in [-0.3, -0.25) is 4.79 Å². The lowest BCUT2D eigenvalue weighted by Gasteiger charge is -2.13. The number of nitrogens with two attached hydrogens (primary N) is 2. The van der Waals surface area contributed by atoms with Gasteiger partial charge < -0.3 is 16.2 Å². The number of ether oxygens (including phenoxy) is 1. The first kappa shape index (κ1) is 13.0. The summed E-state index contributed by atoms with van der Waals surface area (Å²) in [6.07, 6.45) is 0. The molecule has 2 rings (SSSR count). The summed E-state index contributed by atoms with van der Waals surface area (Å²) in [6.45, 7) is 3.96. The average Bonchev–Trinajstić information content (AvgIpc) is 2.35. The molecule has 0 aliphatic heterocycles. The van der Waals surface area contributed by atoms with Gasteiger partial charge in [-0.05, 0) is 43.2 Å². The molecular formula is C15H16N2O2. The number of amides is 1. The van der Waals surface area contributed by atoms with Crippen LogP contribution >= 0.6 is 0 Å². The van der Waals surface area contributed by atoms with Crippen molar-refractivity contribution in [3.63, 3.8) is 0 Å². The molecular weight excluding hydrogens is 240 g/mol. The van der Waals surface area contributed by atoms with Gasteiger partial charge in [0.2, 0.25) is 0 Å². The van der Waals surface area contributed by atoms with Gasteiger partial charge in [0.1, 0.15) is 11.5 Å². The fraction of sp³-hybridized carbons (Fsp3) is 0.133. The monoisotopic (exact) mass is 256 g/mol. The summed E-state index contributed by atoms with van der Waals surface area (Å²) in [7, 11) is 0. The Hall–Kier alpha value is -2.49. The van der Waals surface area contributed by atoms with Gasteiger partial charge in [0, 0.05) is 11.8 Å². The first-order valence-electron chi connectivity index (χ1n) is 5.92. The minimum Gasteiger partial charge on any atom is -0.456 e. The van der Waals surface area contributed by atoms with Crippen molar-refractivity contribution in [3.8, 4) is 11.5 Å². The van der Waals surface area contributed by atoms with Gasteiger partial charge in [0.15, 0.2) is 0 Å². The normalized spacial score (nSPS) is 10.2. The molecule has 0 heterocycles. The second-order valence-electron chi connectivity index (χ2n) is 4.42. The molecule has 2 aromatic rings. The number of anilines is 1. The molecule has 0 fully saturated rings. The molecule has 0 bridgehead atoms. The Labute approximate surface area is 112 Å². The molecule has 1 amide bonds. The molecule has 0 aromatic heterocycles. The zero-order valence-electron chi connectivity index (χ0n) is 10.9. The molecule has 0 atom stereocenters. The summed E-state index contributed by atoms with van der Waals surface area (Å²) in [6, 6.07) is 10.5. The number of rotatable bonds is 3. The van der Waals surface area contributed by atoms with E-state index in [1.165, 1.54) is 0 Å². The highest BCUT2D eigenvalue weighted by molar-refractivity contribution is 5.96. The van der Waals surface area contributed by atoms with Gasteiger partial charge in [0.05, 0.1) is 5.56 Å². The van der Waals surface area contributed by atoms with E-state index >= 15 is 0 Å². The summed E-state index contributed by atoms with van der Waals surface area (Å²) in [5.74, 6) is 0.523. The van der Waals surface area contributed by atoms with E-state index in [1.807, 2.05) is 32.0 Å². The first-order chi connectivity index (χ1) is 8.99. The van der Waals surface area contributed by atoms with Crippen LogP contribution in [0.15, 0.2) is 36.4 Å². The van der Waals surface area contributed by atoms with E-state index < -0.39 is 5.91 Å². The Bertz CT molecular complexity index is 636. The van der Waals surface area contributed by atoms with E-state index in [4.69, 9.17) is 16.2 Å². The molecule has 19 heavy (non-hydrogen) atoms. The molecule has 0 spiro atoms. The fourth-order valence-corrected chi connectivity index (χ4v) is 1.78. The van der Waals surface area contributed by atoms with Crippen LogP contribution < -0.4 is 16.2 Å². The largest absolute Gasteiger partial charge is 0.456 e. The molecule has 0 saturated heterocycles. The summed E-state index contributed by atoms with van der Waals surface area (Å²) >= 11 is 0. The van der Waals surface area contributed by atoms with Crippen molar-refractivity contribution in [1.29, 1.82) is 0 Å². The van der Waals surface area contributed by atoms with Crippen LogP contribution in [-0.2, 0) is 0 Å². The fourth-order valence-electron chi connectivity index (χ4n) is 1.78. The standard InChI is InChI=1S/C15H16N2O2/c1-9-4-3-5-13(10(9)2)19-14-8-11(16)6-7-12(14)15(17)18/h3-8H,16H2,1-2H3,(H2,17,18). The summed E-state index contributed by atoms with van der Waals surface area (Å²) < 4.78 is 5.78. The van der Waals surface area contributed by atoms with Crippen LogP contribution in [0.3, 0.4) is 0 Å². The van der Waals surface area contributed by atoms with E-state index in [0.717, 1.165) is 11.1 Å². The summed E-state index contributed by atoms with van der Waals surface area (Å²) in [4.78, 5) is 11.4. The molecule has 0 aliphatic rings. The van der Waals surface area contributed by atoms with E-state index in [9.17, 15) is 4.79 Å². The van der Waals surface area contributed by atoms with Gasteiger partial charge in [0.25, 0.3) is 5.91 Å². The minimum atomic E-state index is -0.541. The number of nitrogen functional groups attached to an aromatic ring is 1. The Morgan fingerprint density at radius 3 is 2.53 bits per heavy atom. The third-order valence-electron chi connectivity index (χ3n) is 3.05. The van der Waals surface area contributed by atoms with Crippen molar-refractivity contribution in [2.75, 3.05) is 5.73 Å². The van der Waals surface area contributed by atoms with Crippen LogP contribution in [0.25, 0.3) is 0 Å². The molecule has 0 aliphatic carbocycles. The van der Waals surface area contributed by atoms with E-state index in [0.29, 0.717) is 22.7 Å². The zero-order valence-corrected chi connectivity index (χ0v) is 10.9. The molecule has 0 radical (unpaired) electrons. The molecule has 4 nitrogen and oxygen atoms in total. The van der Waals surface area contributed by atoms with Crippen molar-refractivity contribution < 1.29 is 9.53 Å². The highest BCUT2D eigenvalue weighted by Crippen LogP contribution is 2.30. The minimum absolute atomic E-state index is 0.315. The van der Waals surface area contributed by atoms with E-state index in [-0.39, 0.29) is 0 Å². The molecule has 2 aromatic carbocycles. The number of carbonyl (C=O) groups excluding carboxylic acids is 1. The van der Waals surface area contributed by atoms with E-state index in [1.54, 1.807) is 18.2 Å². The topological polar surface area (TPSA) is 78.3 Å². The zero-order chi connectivity index (χ0) is 14.0. The third kappa shape index (κ3) is 2.68. The van der Waals surface area contributed by atoms with Gasteiger partial charge in [-0.15, -0.1) is 0 Å². The van der Waals surface area contributed by atoms with E-state index in [2.05, 4.69) is 0 Å². The van der Waals surface area contributed by atoms with Crippen molar-refractivity contribution in [2.24, 2.45) is 5.73 Å². The predicted octanol–water partition coefficient (Wildman–Crippen LogP) is 2.78. The van der Waals surface area contributed by atoms with Gasteiger partial charge in [-0.2, -0.15) is 0 Å². The van der Waals surface area contributed by atoms with Crippen molar-refractivity contribution >= 4 is 11.6 Å². The van der Waals surface area contributed by atoms with Crippen LogP contribution in [0.2, 0.25) is 0 Å². The quantitative estimate of drug-likeness (QED) is 0.829. The van der Waals surface area contributed by atoms with Crippen molar-refractivity contribution in [2.45, 2.75) is 13.8 Å². The number of carbonyl (C=O) groups is 1. The van der Waals surface area contributed by atoms with Crippen LogP contribution in [0, 0.1) is 13.8 Å². The highest BCUT2D eigenvalue weighted by atomic mass is 16.5. The van der Waals surface area contributed by atoms with Crippen LogP contribution in [-0.4, -0.2) is 5.91 Å². The number of hydrogen-bond donors (Lipinski definition) is 2. The maximum atomic E-state index is 11.4. The molecule has 0 saturated carbocycles. The third-order valence-corrected chi connectivity index (χ3v) is 3.05. The number of aryl methyl sites for hydroxylation is 1. The van der Waals surface area contributed by atoms with Crippen LogP contribution in [0.4, 0.5) is 5.69 Å². The Kier molecular flexibility index (Phi) is 3.42. The molecule has 0 unspecified atom stereocenters. The van der Waals surface area contributed by atoms with Crippen molar-refractivity contribution in [1.82, 2.24) is 0 Å². The second-order valence-corrected chi connectivity index (χ2v) is 4.42. The predicted molar refractivity (Wildman–Crippen MR) is 75.4 cm³/mol. The van der Waals surface area contributed by atoms with Gasteiger partial charge in [-0.1, -0.05) is 12.1 Å².